The molecular formula is C26H23Cl3N4O3S. The van der Waals surface area contributed by atoms with E-state index < -0.39 is 0 Å². The van der Waals surface area contributed by atoms with E-state index in [4.69, 9.17) is 44.3 Å². The maximum absolute atomic E-state index is 12.6. The van der Waals surface area contributed by atoms with Crippen molar-refractivity contribution in [3.63, 3.8) is 0 Å². The van der Waals surface area contributed by atoms with Gasteiger partial charge in [-0.2, -0.15) is 0 Å². The number of nitrogens with one attached hydrogen (secondary N) is 1. The maximum Gasteiger partial charge on any atom is 0.234 e. The van der Waals surface area contributed by atoms with E-state index in [0.29, 0.717) is 34.8 Å². The van der Waals surface area contributed by atoms with Gasteiger partial charge in [-0.05, 0) is 23.8 Å². The van der Waals surface area contributed by atoms with E-state index in [1.165, 1.54) is 23.9 Å². The molecule has 0 fully saturated rings. The number of para-hydroxylation sites is 1. The van der Waals surface area contributed by atoms with E-state index in [1.54, 1.807) is 7.11 Å². The van der Waals surface area contributed by atoms with Gasteiger partial charge in [0.1, 0.15) is 12.4 Å². The monoisotopic (exact) mass is 576 g/mol. The van der Waals surface area contributed by atoms with E-state index in [-0.39, 0.29) is 28.3 Å². The second kappa shape index (κ2) is 13.2. The number of thioether (sulfide) groups is 1. The van der Waals surface area contributed by atoms with Gasteiger partial charge in [0.15, 0.2) is 11.0 Å². The maximum atomic E-state index is 12.6. The Kier molecular flexibility index (Phi) is 9.71. The molecule has 7 nitrogen and oxygen atoms in total. The van der Waals surface area contributed by atoms with Gasteiger partial charge >= 0.3 is 0 Å². The molecule has 37 heavy (non-hydrogen) atoms. The van der Waals surface area contributed by atoms with Gasteiger partial charge in [-0.1, -0.05) is 95.1 Å². The first-order valence-corrected chi connectivity index (χ1v) is 13.3. The summed E-state index contributed by atoms with van der Waals surface area (Å²) in [5.41, 5.74) is 2.35. The summed E-state index contributed by atoms with van der Waals surface area (Å²) in [7, 11) is 1.62. The number of methoxy groups -OCH3 is 1. The Hall–Kier alpha value is -2.75. The molecule has 0 saturated heterocycles. The highest BCUT2D eigenvalue weighted by Crippen LogP contribution is 2.34. The molecule has 192 valence electrons. The average molecular weight is 578 g/mol. The number of rotatable bonds is 11. The van der Waals surface area contributed by atoms with Crippen molar-refractivity contribution in [1.82, 2.24) is 14.8 Å². The Morgan fingerprint density at radius 3 is 2.43 bits per heavy atom. The number of nitrogens with zero attached hydrogens (tertiary/aromatic N) is 3. The topological polar surface area (TPSA) is 78.3 Å². The third-order valence-electron chi connectivity index (χ3n) is 5.24. The van der Waals surface area contributed by atoms with Gasteiger partial charge in [-0.15, -0.1) is 10.2 Å². The Bertz CT molecular complexity index is 1350. The van der Waals surface area contributed by atoms with Crippen LogP contribution in [-0.4, -0.2) is 40.1 Å². The summed E-state index contributed by atoms with van der Waals surface area (Å²) in [5.74, 6) is 1.12. The summed E-state index contributed by atoms with van der Waals surface area (Å²) >= 11 is 19.5. The Labute approximate surface area is 234 Å². The van der Waals surface area contributed by atoms with E-state index in [9.17, 15) is 4.79 Å². The zero-order valence-corrected chi connectivity index (χ0v) is 22.9. The SMILES string of the molecule is COCCn1c(COc2ccccc2-c2ccccc2)nnc1SCC(=O)Nc1c(Cl)cc(Cl)cc1Cl. The highest BCUT2D eigenvalue weighted by molar-refractivity contribution is 7.99. The first-order chi connectivity index (χ1) is 18.0. The van der Waals surface area contributed by atoms with Crippen molar-refractivity contribution >= 4 is 58.2 Å². The Morgan fingerprint density at radius 2 is 1.70 bits per heavy atom. The Morgan fingerprint density at radius 1 is 1.00 bits per heavy atom. The normalized spacial score (nSPS) is 10.9. The molecular weight excluding hydrogens is 555 g/mol. The number of ether oxygens (including phenoxy) is 2. The third-order valence-corrected chi connectivity index (χ3v) is 7.03. The summed E-state index contributed by atoms with van der Waals surface area (Å²) < 4.78 is 13.3. The lowest BCUT2D eigenvalue weighted by Crippen LogP contribution is -2.16. The third kappa shape index (κ3) is 7.18. The van der Waals surface area contributed by atoms with Crippen LogP contribution in [0.2, 0.25) is 15.1 Å². The average Bonchev–Trinajstić information content (AvgIpc) is 3.29. The van der Waals surface area contributed by atoms with Crippen LogP contribution in [0.15, 0.2) is 71.9 Å². The van der Waals surface area contributed by atoms with E-state index >= 15 is 0 Å². The minimum atomic E-state index is -0.299. The van der Waals surface area contributed by atoms with Gasteiger partial charge in [-0.3, -0.25) is 4.79 Å². The number of amides is 1. The first kappa shape index (κ1) is 27.3. The van der Waals surface area contributed by atoms with Crippen LogP contribution in [-0.2, 0) is 22.7 Å². The second-order valence-corrected chi connectivity index (χ2v) is 9.97. The van der Waals surface area contributed by atoms with E-state index in [0.717, 1.165) is 16.9 Å². The lowest BCUT2D eigenvalue weighted by molar-refractivity contribution is -0.113. The second-order valence-electron chi connectivity index (χ2n) is 7.78. The Balaban J connectivity index is 1.45. The number of benzene rings is 3. The molecule has 1 amide bonds. The minimum Gasteiger partial charge on any atom is -0.485 e. The number of anilines is 1. The molecule has 0 radical (unpaired) electrons. The first-order valence-electron chi connectivity index (χ1n) is 11.2. The highest BCUT2D eigenvalue weighted by atomic mass is 35.5. The molecule has 0 saturated carbocycles. The zero-order chi connectivity index (χ0) is 26.2. The zero-order valence-electron chi connectivity index (χ0n) is 19.8. The number of halogens is 3. The molecule has 0 bridgehead atoms. The van der Waals surface area contributed by atoms with Crippen LogP contribution in [0.5, 0.6) is 5.75 Å². The number of carbonyl (C=O) groups excluding carboxylic acids is 1. The summed E-state index contributed by atoms with van der Waals surface area (Å²) in [4.78, 5) is 12.6. The largest absolute Gasteiger partial charge is 0.485 e. The van der Waals surface area contributed by atoms with Crippen LogP contribution in [0.1, 0.15) is 5.82 Å². The van der Waals surface area contributed by atoms with Crippen LogP contribution in [0.4, 0.5) is 5.69 Å². The minimum absolute atomic E-state index is 0.0676. The van der Waals surface area contributed by atoms with Gasteiger partial charge in [-0.25, -0.2) is 0 Å². The predicted molar refractivity (Wildman–Crippen MR) is 149 cm³/mol. The summed E-state index contributed by atoms with van der Waals surface area (Å²) in [5, 5.41) is 12.8. The fraction of sp³-hybridized carbons (Fsp3) is 0.192. The van der Waals surface area contributed by atoms with Crippen molar-refractivity contribution in [2.45, 2.75) is 18.3 Å². The van der Waals surface area contributed by atoms with Gasteiger partial charge in [0.05, 0.1) is 28.1 Å². The van der Waals surface area contributed by atoms with Crippen molar-refractivity contribution in [2.24, 2.45) is 0 Å². The molecule has 1 N–H and O–H groups in total. The lowest BCUT2D eigenvalue weighted by atomic mass is 10.1. The number of carbonyl (C=O) groups is 1. The summed E-state index contributed by atoms with van der Waals surface area (Å²) in [6.45, 7) is 1.14. The lowest BCUT2D eigenvalue weighted by Gasteiger charge is -2.13. The molecule has 0 spiro atoms. The molecule has 0 aliphatic rings. The van der Waals surface area contributed by atoms with Crippen molar-refractivity contribution in [3.05, 3.63) is 87.6 Å². The van der Waals surface area contributed by atoms with Crippen molar-refractivity contribution in [2.75, 3.05) is 24.8 Å². The molecule has 0 atom stereocenters. The number of hydrogen-bond acceptors (Lipinski definition) is 6. The predicted octanol–water partition coefficient (Wildman–Crippen LogP) is 6.86. The van der Waals surface area contributed by atoms with Gasteiger partial charge < -0.3 is 19.4 Å². The van der Waals surface area contributed by atoms with Crippen LogP contribution >= 0.6 is 46.6 Å². The van der Waals surface area contributed by atoms with Crippen LogP contribution in [0.3, 0.4) is 0 Å². The van der Waals surface area contributed by atoms with E-state index in [1.807, 2.05) is 59.2 Å². The van der Waals surface area contributed by atoms with Gasteiger partial charge in [0.2, 0.25) is 5.91 Å². The van der Waals surface area contributed by atoms with Crippen molar-refractivity contribution in [1.29, 1.82) is 0 Å². The quantitative estimate of drug-likeness (QED) is 0.196. The van der Waals surface area contributed by atoms with Crippen LogP contribution < -0.4 is 10.1 Å². The molecule has 11 heteroatoms. The van der Waals surface area contributed by atoms with Crippen LogP contribution in [0, 0.1) is 0 Å². The summed E-state index contributed by atoms with van der Waals surface area (Å²) in [6.07, 6.45) is 0. The molecule has 4 rings (SSSR count). The highest BCUT2D eigenvalue weighted by Gasteiger charge is 2.17. The molecule has 3 aromatic carbocycles. The standard InChI is InChI=1S/C26H23Cl3N4O3S/c1-35-12-11-33-23(15-36-22-10-6-5-9-19(22)17-7-3-2-4-8-17)31-32-26(33)37-16-24(34)30-25-20(28)13-18(27)14-21(25)29/h2-10,13-14H,11-12,15-16H2,1H3,(H,30,34). The molecule has 4 aromatic rings. The van der Waals surface area contributed by atoms with Gasteiger partial charge in [0.25, 0.3) is 0 Å². The molecule has 1 heterocycles. The number of hydrogen-bond donors (Lipinski definition) is 1. The van der Waals surface area contributed by atoms with E-state index in [2.05, 4.69) is 15.5 Å². The van der Waals surface area contributed by atoms with Crippen LogP contribution in [0.25, 0.3) is 11.1 Å². The number of aromatic nitrogens is 3. The molecule has 0 aliphatic carbocycles. The summed E-state index contributed by atoms with van der Waals surface area (Å²) in [6, 6.07) is 20.9. The van der Waals surface area contributed by atoms with Crippen molar-refractivity contribution in [3.8, 4) is 16.9 Å². The smallest absolute Gasteiger partial charge is 0.234 e. The molecule has 0 aliphatic heterocycles. The molecule has 1 aromatic heterocycles. The van der Waals surface area contributed by atoms with Gasteiger partial charge in [0, 0.05) is 24.2 Å². The fourth-order valence-electron chi connectivity index (χ4n) is 3.50. The molecule has 0 unspecified atom stereocenters. The fourth-order valence-corrected chi connectivity index (χ4v) is 5.19. The van der Waals surface area contributed by atoms with Crippen molar-refractivity contribution < 1.29 is 14.3 Å².